The SMILES string of the molecule is CNCCCNC(=O)c1c(C)cc(=O)n(CC(=O)NC(C)C)c1C. The molecule has 1 aromatic rings. The average Bonchev–Trinajstić information content (AvgIpc) is 2.47. The Morgan fingerprint density at radius 3 is 2.46 bits per heavy atom. The van der Waals surface area contributed by atoms with E-state index in [0.717, 1.165) is 13.0 Å². The lowest BCUT2D eigenvalue weighted by Crippen LogP contribution is -2.38. The van der Waals surface area contributed by atoms with Crippen molar-refractivity contribution in [1.29, 1.82) is 0 Å². The largest absolute Gasteiger partial charge is 0.352 e. The minimum absolute atomic E-state index is 0.00565. The molecule has 1 heterocycles. The highest BCUT2D eigenvalue weighted by atomic mass is 16.2. The standard InChI is InChI=1S/C17H28N4O3/c1-11(2)20-14(22)10-21-13(4)16(12(3)9-15(21)23)17(24)19-8-6-7-18-5/h9,11,18H,6-8,10H2,1-5H3,(H,19,24)(H,20,22). The molecule has 0 saturated heterocycles. The average molecular weight is 336 g/mol. The molecule has 134 valence electrons. The summed E-state index contributed by atoms with van der Waals surface area (Å²) < 4.78 is 1.34. The van der Waals surface area contributed by atoms with Gasteiger partial charge < -0.3 is 20.5 Å². The zero-order valence-corrected chi connectivity index (χ0v) is 15.2. The van der Waals surface area contributed by atoms with E-state index in [2.05, 4.69) is 16.0 Å². The molecular formula is C17H28N4O3. The van der Waals surface area contributed by atoms with E-state index < -0.39 is 0 Å². The Morgan fingerprint density at radius 1 is 1.21 bits per heavy atom. The van der Waals surface area contributed by atoms with Gasteiger partial charge in [0.05, 0.1) is 5.56 Å². The van der Waals surface area contributed by atoms with E-state index >= 15 is 0 Å². The zero-order valence-electron chi connectivity index (χ0n) is 15.2. The van der Waals surface area contributed by atoms with Crippen LogP contribution in [0.3, 0.4) is 0 Å². The fraction of sp³-hybridized carbons (Fsp3) is 0.588. The third-order valence-electron chi connectivity index (χ3n) is 3.63. The summed E-state index contributed by atoms with van der Waals surface area (Å²) in [5.74, 6) is -0.474. The Labute approximate surface area is 142 Å². The third-order valence-corrected chi connectivity index (χ3v) is 3.63. The Balaban J connectivity index is 3.01. The van der Waals surface area contributed by atoms with Gasteiger partial charge in [-0.15, -0.1) is 0 Å². The van der Waals surface area contributed by atoms with E-state index in [1.54, 1.807) is 13.8 Å². The summed E-state index contributed by atoms with van der Waals surface area (Å²) in [6.45, 7) is 8.40. The number of amides is 2. The molecule has 7 nitrogen and oxygen atoms in total. The maximum atomic E-state index is 12.4. The molecular weight excluding hydrogens is 308 g/mol. The minimum Gasteiger partial charge on any atom is -0.352 e. The second-order valence-corrected chi connectivity index (χ2v) is 6.15. The maximum Gasteiger partial charge on any atom is 0.253 e. The number of carbonyl (C=O) groups is 2. The van der Waals surface area contributed by atoms with Crippen LogP contribution in [-0.2, 0) is 11.3 Å². The van der Waals surface area contributed by atoms with Gasteiger partial charge in [-0.2, -0.15) is 0 Å². The molecule has 0 spiro atoms. The van der Waals surface area contributed by atoms with Crippen LogP contribution >= 0.6 is 0 Å². The number of nitrogens with zero attached hydrogens (tertiary/aromatic N) is 1. The summed E-state index contributed by atoms with van der Waals surface area (Å²) in [6.07, 6.45) is 0.816. The Kier molecular flexibility index (Phi) is 7.64. The summed E-state index contributed by atoms with van der Waals surface area (Å²) in [6, 6.07) is 1.40. The van der Waals surface area contributed by atoms with Crippen molar-refractivity contribution in [2.24, 2.45) is 0 Å². The van der Waals surface area contributed by atoms with Crippen LogP contribution in [0.1, 0.15) is 41.9 Å². The van der Waals surface area contributed by atoms with E-state index in [9.17, 15) is 14.4 Å². The van der Waals surface area contributed by atoms with Crippen molar-refractivity contribution in [3.05, 3.63) is 33.2 Å². The van der Waals surface area contributed by atoms with Gasteiger partial charge in [0.2, 0.25) is 5.91 Å². The lowest BCUT2D eigenvalue weighted by Gasteiger charge is -2.17. The number of aryl methyl sites for hydroxylation is 1. The van der Waals surface area contributed by atoms with E-state index in [1.165, 1.54) is 10.6 Å². The fourth-order valence-electron chi connectivity index (χ4n) is 2.53. The Bertz CT molecular complexity index is 650. The van der Waals surface area contributed by atoms with Gasteiger partial charge in [-0.25, -0.2) is 0 Å². The molecule has 0 aromatic carbocycles. The molecule has 2 amide bonds. The van der Waals surface area contributed by atoms with Crippen LogP contribution in [-0.4, -0.2) is 42.6 Å². The van der Waals surface area contributed by atoms with Crippen LogP contribution in [0.2, 0.25) is 0 Å². The van der Waals surface area contributed by atoms with Crippen molar-refractivity contribution in [1.82, 2.24) is 20.5 Å². The number of aromatic nitrogens is 1. The zero-order chi connectivity index (χ0) is 18.3. The van der Waals surface area contributed by atoms with Crippen molar-refractivity contribution in [2.75, 3.05) is 20.1 Å². The molecule has 0 aliphatic carbocycles. The van der Waals surface area contributed by atoms with Crippen molar-refractivity contribution in [2.45, 2.75) is 46.7 Å². The van der Waals surface area contributed by atoms with Crippen LogP contribution in [0.25, 0.3) is 0 Å². The fourth-order valence-corrected chi connectivity index (χ4v) is 2.53. The van der Waals surface area contributed by atoms with E-state index in [4.69, 9.17) is 0 Å². The quantitative estimate of drug-likeness (QED) is 0.597. The summed E-state index contributed by atoms with van der Waals surface area (Å²) in [5.41, 5.74) is 1.29. The molecule has 0 aliphatic rings. The topological polar surface area (TPSA) is 92.2 Å². The van der Waals surface area contributed by atoms with Gasteiger partial charge in [0.15, 0.2) is 0 Å². The van der Waals surface area contributed by atoms with E-state index in [-0.39, 0.29) is 30.0 Å². The molecule has 0 atom stereocenters. The van der Waals surface area contributed by atoms with Gasteiger partial charge in [-0.1, -0.05) is 0 Å². The molecule has 0 radical (unpaired) electrons. The van der Waals surface area contributed by atoms with Crippen molar-refractivity contribution in [3.63, 3.8) is 0 Å². The van der Waals surface area contributed by atoms with Gasteiger partial charge in [-0.3, -0.25) is 14.4 Å². The predicted molar refractivity (Wildman–Crippen MR) is 94.3 cm³/mol. The van der Waals surface area contributed by atoms with Gasteiger partial charge in [-0.05, 0) is 53.3 Å². The van der Waals surface area contributed by atoms with Gasteiger partial charge in [0.1, 0.15) is 6.54 Å². The highest BCUT2D eigenvalue weighted by Gasteiger charge is 2.18. The summed E-state index contributed by atoms with van der Waals surface area (Å²) in [4.78, 5) is 36.6. The van der Waals surface area contributed by atoms with Crippen LogP contribution in [0, 0.1) is 13.8 Å². The first-order chi connectivity index (χ1) is 11.3. The number of carbonyl (C=O) groups excluding carboxylic acids is 2. The third kappa shape index (κ3) is 5.49. The smallest absolute Gasteiger partial charge is 0.253 e. The number of hydrogen-bond donors (Lipinski definition) is 3. The monoisotopic (exact) mass is 336 g/mol. The number of pyridine rings is 1. The van der Waals surface area contributed by atoms with Gasteiger partial charge in [0, 0.05) is 24.3 Å². The number of rotatable bonds is 8. The molecule has 1 rings (SSSR count). The molecule has 1 aromatic heterocycles. The number of nitrogens with one attached hydrogen (secondary N) is 3. The number of hydrogen-bond acceptors (Lipinski definition) is 4. The molecule has 24 heavy (non-hydrogen) atoms. The second kappa shape index (κ2) is 9.22. The van der Waals surface area contributed by atoms with E-state index in [1.807, 2.05) is 20.9 Å². The molecule has 0 fully saturated rings. The first-order valence-electron chi connectivity index (χ1n) is 8.21. The highest BCUT2D eigenvalue weighted by Crippen LogP contribution is 2.11. The first kappa shape index (κ1) is 19.9. The molecule has 0 bridgehead atoms. The van der Waals surface area contributed by atoms with Crippen molar-refractivity contribution in [3.8, 4) is 0 Å². The Hall–Kier alpha value is -2.15. The summed E-state index contributed by atoms with van der Waals surface area (Å²) in [7, 11) is 1.86. The predicted octanol–water partition coefficient (Wildman–Crippen LogP) is 0.329. The summed E-state index contributed by atoms with van der Waals surface area (Å²) in [5, 5.41) is 8.62. The first-order valence-corrected chi connectivity index (χ1v) is 8.21. The normalized spacial score (nSPS) is 10.8. The van der Waals surface area contributed by atoms with Crippen LogP contribution in [0.4, 0.5) is 0 Å². The minimum atomic E-state index is -0.282. The molecule has 0 saturated carbocycles. The summed E-state index contributed by atoms with van der Waals surface area (Å²) >= 11 is 0. The van der Waals surface area contributed by atoms with E-state index in [0.29, 0.717) is 23.4 Å². The van der Waals surface area contributed by atoms with Crippen LogP contribution in [0.15, 0.2) is 10.9 Å². The Morgan fingerprint density at radius 2 is 1.88 bits per heavy atom. The van der Waals surface area contributed by atoms with Gasteiger partial charge >= 0.3 is 0 Å². The lowest BCUT2D eigenvalue weighted by molar-refractivity contribution is -0.122. The molecule has 0 unspecified atom stereocenters. The molecule has 7 heteroatoms. The lowest BCUT2D eigenvalue weighted by atomic mass is 10.1. The van der Waals surface area contributed by atoms with Crippen molar-refractivity contribution < 1.29 is 9.59 Å². The van der Waals surface area contributed by atoms with Gasteiger partial charge in [0.25, 0.3) is 11.5 Å². The molecule has 0 aliphatic heterocycles. The second-order valence-electron chi connectivity index (χ2n) is 6.15. The highest BCUT2D eigenvalue weighted by molar-refractivity contribution is 5.96. The van der Waals surface area contributed by atoms with Crippen molar-refractivity contribution >= 4 is 11.8 Å². The van der Waals surface area contributed by atoms with Crippen LogP contribution in [0.5, 0.6) is 0 Å². The van der Waals surface area contributed by atoms with Crippen LogP contribution < -0.4 is 21.5 Å². The molecule has 3 N–H and O–H groups in total. The maximum absolute atomic E-state index is 12.4.